The van der Waals surface area contributed by atoms with Gasteiger partial charge in [0.05, 0.1) is 24.8 Å². The van der Waals surface area contributed by atoms with E-state index in [2.05, 4.69) is 17.1 Å². The van der Waals surface area contributed by atoms with Crippen molar-refractivity contribution in [3.63, 3.8) is 0 Å². The van der Waals surface area contributed by atoms with Crippen molar-refractivity contribution in [3.8, 4) is 23.1 Å². The molecule has 0 amide bonds. The number of aromatic nitrogens is 2. The first kappa shape index (κ1) is 14.8. The molecule has 0 spiro atoms. The van der Waals surface area contributed by atoms with E-state index in [1.807, 2.05) is 30.3 Å². The molecule has 0 aliphatic carbocycles. The molecule has 1 aromatic carbocycles. The van der Waals surface area contributed by atoms with E-state index < -0.39 is 0 Å². The Bertz CT molecular complexity index is 701. The Kier molecular flexibility index (Phi) is 5.10. The lowest BCUT2D eigenvalue weighted by Gasteiger charge is -2.07. The first-order valence-electron chi connectivity index (χ1n) is 6.93. The number of nitrogens with zero attached hydrogens (tertiary/aromatic N) is 2. The molecule has 0 saturated carbocycles. The number of unbranched alkanes of at least 4 members (excludes halogenated alkanes) is 1. The molecule has 0 aliphatic rings. The normalized spacial score (nSPS) is 10.1. The molecular formula is C16H17N3O2. The molecule has 108 valence electrons. The number of H-pyrrole nitrogens is 1. The van der Waals surface area contributed by atoms with Crippen molar-refractivity contribution in [3.05, 3.63) is 46.2 Å². The molecule has 0 saturated heterocycles. The number of nitriles is 1. The number of ether oxygens (including phenoxy) is 1. The summed E-state index contributed by atoms with van der Waals surface area (Å²) in [6.45, 7) is 2.79. The maximum Gasteiger partial charge on any atom is 0.268 e. The van der Waals surface area contributed by atoms with Gasteiger partial charge in [-0.1, -0.05) is 25.5 Å². The van der Waals surface area contributed by atoms with Crippen LogP contribution in [0.15, 0.2) is 35.1 Å². The molecule has 0 fully saturated rings. The van der Waals surface area contributed by atoms with Gasteiger partial charge < -0.3 is 4.74 Å². The Labute approximate surface area is 123 Å². The number of benzene rings is 1. The van der Waals surface area contributed by atoms with Crippen LogP contribution < -0.4 is 10.3 Å². The molecule has 1 N–H and O–H groups in total. The molecule has 21 heavy (non-hydrogen) atoms. The smallest absolute Gasteiger partial charge is 0.268 e. The third kappa shape index (κ3) is 3.93. The highest BCUT2D eigenvalue weighted by Gasteiger charge is 2.06. The van der Waals surface area contributed by atoms with E-state index in [0.717, 1.165) is 24.2 Å². The quantitative estimate of drug-likeness (QED) is 0.827. The van der Waals surface area contributed by atoms with Gasteiger partial charge in [0, 0.05) is 11.1 Å². The fraction of sp³-hybridized carbons (Fsp3) is 0.312. The van der Waals surface area contributed by atoms with Gasteiger partial charge >= 0.3 is 0 Å². The minimum absolute atomic E-state index is 0.0670. The molecule has 1 heterocycles. The summed E-state index contributed by atoms with van der Waals surface area (Å²) in [5.41, 5.74) is 1.57. The van der Waals surface area contributed by atoms with Crippen molar-refractivity contribution < 1.29 is 4.74 Å². The molecule has 0 unspecified atom stereocenters. The fourth-order valence-corrected chi connectivity index (χ4v) is 1.89. The highest BCUT2D eigenvalue weighted by atomic mass is 16.5. The van der Waals surface area contributed by atoms with Crippen LogP contribution in [0.4, 0.5) is 0 Å². The molecule has 0 atom stereocenters. The number of hydrogen-bond acceptors (Lipinski definition) is 4. The number of hydrogen-bond donors (Lipinski definition) is 1. The summed E-state index contributed by atoms with van der Waals surface area (Å²) in [7, 11) is 0. The van der Waals surface area contributed by atoms with Crippen LogP contribution in [0.2, 0.25) is 0 Å². The van der Waals surface area contributed by atoms with Crippen LogP contribution in [0.1, 0.15) is 25.3 Å². The van der Waals surface area contributed by atoms with Crippen molar-refractivity contribution >= 4 is 0 Å². The van der Waals surface area contributed by atoms with Crippen LogP contribution in [-0.4, -0.2) is 16.8 Å². The molecule has 5 heteroatoms. The van der Waals surface area contributed by atoms with Gasteiger partial charge in [0.25, 0.3) is 5.56 Å². The van der Waals surface area contributed by atoms with Gasteiger partial charge in [0.1, 0.15) is 5.75 Å². The van der Waals surface area contributed by atoms with Crippen molar-refractivity contribution in [2.75, 3.05) is 6.61 Å². The van der Waals surface area contributed by atoms with E-state index in [1.165, 1.54) is 0 Å². The zero-order valence-corrected chi connectivity index (χ0v) is 11.9. The third-order valence-corrected chi connectivity index (χ3v) is 3.05. The minimum atomic E-state index is -0.323. The molecule has 0 radical (unpaired) electrons. The highest BCUT2D eigenvalue weighted by Crippen LogP contribution is 2.22. The van der Waals surface area contributed by atoms with Crippen LogP contribution in [-0.2, 0) is 6.42 Å². The topological polar surface area (TPSA) is 78.8 Å². The predicted octanol–water partition coefficient (Wildman–Crippen LogP) is 2.68. The summed E-state index contributed by atoms with van der Waals surface area (Å²) in [4.78, 5) is 11.5. The summed E-state index contributed by atoms with van der Waals surface area (Å²) in [5, 5.41) is 15.2. The molecule has 2 rings (SSSR count). The molecule has 5 nitrogen and oxygen atoms in total. The number of rotatable bonds is 6. The van der Waals surface area contributed by atoms with Gasteiger partial charge in [-0.25, -0.2) is 5.10 Å². The average molecular weight is 283 g/mol. The van der Waals surface area contributed by atoms with Crippen LogP contribution in [0.3, 0.4) is 0 Å². The Morgan fingerprint density at radius 3 is 3.00 bits per heavy atom. The second-order valence-electron chi connectivity index (χ2n) is 4.67. The van der Waals surface area contributed by atoms with Gasteiger partial charge in [-0.05, 0) is 24.6 Å². The van der Waals surface area contributed by atoms with E-state index in [9.17, 15) is 4.79 Å². The number of nitrogens with one attached hydrogen (secondary N) is 1. The molecule has 0 bridgehead atoms. The largest absolute Gasteiger partial charge is 0.494 e. The van der Waals surface area contributed by atoms with Gasteiger partial charge in [0.2, 0.25) is 0 Å². The fourth-order valence-electron chi connectivity index (χ4n) is 1.89. The molecular weight excluding hydrogens is 266 g/mol. The molecule has 1 aromatic heterocycles. The minimum Gasteiger partial charge on any atom is -0.494 e. The monoisotopic (exact) mass is 283 g/mol. The summed E-state index contributed by atoms with van der Waals surface area (Å²) in [5.74, 6) is 0.774. The first-order valence-corrected chi connectivity index (χ1v) is 6.93. The van der Waals surface area contributed by atoms with Crippen molar-refractivity contribution in [1.29, 1.82) is 5.26 Å². The van der Waals surface area contributed by atoms with Gasteiger partial charge in [-0.15, -0.1) is 0 Å². The van der Waals surface area contributed by atoms with Gasteiger partial charge in [0.15, 0.2) is 0 Å². The first-order chi connectivity index (χ1) is 10.2. The average Bonchev–Trinajstić information content (AvgIpc) is 2.50. The van der Waals surface area contributed by atoms with E-state index in [1.54, 1.807) is 6.07 Å². The van der Waals surface area contributed by atoms with Gasteiger partial charge in [-0.2, -0.15) is 10.4 Å². The Morgan fingerprint density at radius 2 is 2.24 bits per heavy atom. The van der Waals surface area contributed by atoms with Gasteiger partial charge in [-0.3, -0.25) is 4.79 Å². The van der Waals surface area contributed by atoms with E-state index in [4.69, 9.17) is 10.00 Å². The third-order valence-electron chi connectivity index (χ3n) is 3.05. The van der Waals surface area contributed by atoms with E-state index >= 15 is 0 Å². The lowest BCUT2D eigenvalue weighted by Crippen LogP contribution is -2.14. The summed E-state index contributed by atoms with van der Waals surface area (Å²) >= 11 is 0. The van der Waals surface area contributed by atoms with Crippen molar-refractivity contribution in [2.45, 2.75) is 26.2 Å². The second-order valence-corrected chi connectivity index (χ2v) is 4.67. The zero-order valence-electron chi connectivity index (χ0n) is 11.9. The summed E-state index contributed by atoms with van der Waals surface area (Å²) in [6.07, 6.45) is 2.16. The van der Waals surface area contributed by atoms with E-state index in [0.29, 0.717) is 17.9 Å². The lowest BCUT2D eigenvalue weighted by molar-refractivity contribution is 0.309. The lowest BCUT2D eigenvalue weighted by atomic mass is 10.1. The number of aromatic amines is 1. The zero-order chi connectivity index (χ0) is 15.1. The van der Waals surface area contributed by atoms with E-state index in [-0.39, 0.29) is 12.0 Å². The standard InChI is InChI=1S/C16H17N3O2/c1-2-3-9-21-14-6-4-5-12(10-14)15-11-13(7-8-17)16(20)19-18-15/h4-6,10-11H,2-3,7,9H2,1H3,(H,19,20). The summed E-state index contributed by atoms with van der Waals surface area (Å²) in [6, 6.07) is 11.2. The van der Waals surface area contributed by atoms with Crippen LogP contribution in [0.25, 0.3) is 11.3 Å². The summed E-state index contributed by atoms with van der Waals surface area (Å²) < 4.78 is 5.66. The SMILES string of the molecule is CCCCOc1cccc(-c2cc(CC#N)c(=O)[nH]n2)c1. The molecule has 2 aromatic rings. The maximum atomic E-state index is 11.5. The maximum absolute atomic E-state index is 11.5. The van der Waals surface area contributed by atoms with Crippen molar-refractivity contribution in [1.82, 2.24) is 10.2 Å². The molecule has 0 aliphatic heterocycles. The van der Waals surface area contributed by atoms with Crippen LogP contribution >= 0.6 is 0 Å². The second kappa shape index (κ2) is 7.25. The highest BCUT2D eigenvalue weighted by molar-refractivity contribution is 5.61. The van der Waals surface area contributed by atoms with Crippen LogP contribution in [0, 0.1) is 11.3 Å². The van der Waals surface area contributed by atoms with Crippen LogP contribution in [0.5, 0.6) is 5.75 Å². The predicted molar refractivity (Wildman–Crippen MR) is 80.0 cm³/mol. The Balaban J connectivity index is 2.25. The Morgan fingerprint density at radius 1 is 1.38 bits per heavy atom. The van der Waals surface area contributed by atoms with Crippen molar-refractivity contribution in [2.24, 2.45) is 0 Å². The Hall–Kier alpha value is -2.61.